The van der Waals surface area contributed by atoms with E-state index in [1.54, 1.807) is 0 Å². The molecule has 1 aliphatic rings. The molecule has 86 valence electrons. The minimum absolute atomic E-state index is 0.406. The van der Waals surface area contributed by atoms with Crippen LogP contribution in [0.5, 0.6) is 0 Å². The van der Waals surface area contributed by atoms with Crippen molar-refractivity contribution in [3.63, 3.8) is 0 Å². The van der Waals surface area contributed by atoms with Gasteiger partial charge in [0.25, 0.3) is 0 Å². The quantitative estimate of drug-likeness (QED) is 0.818. The Morgan fingerprint density at radius 2 is 1.76 bits per heavy atom. The van der Waals surface area contributed by atoms with Crippen LogP contribution in [0.15, 0.2) is 36.4 Å². The van der Waals surface area contributed by atoms with Crippen molar-refractivity contribution in [2.45, 2.75) is 18.3 Å². The van der Waals surface area contributed by atoms with Gasteiger partial charge >= 0.3 is 0 Å². The molecule has 1 saturated carbocycles. The smallest absolute Gasteiger partial charge is 0.137 e. The topological polar surface area (TPSA) is 25.8 Å². The number of aromatic nitrogens is 2. The van der Waals surface area contributed by atoms with Gasteiger partial charge in [-0.15, -0.1) is 10.2 Å². The van der Waals surface area contributed by atoms with Crippen LogP contribution in [0.1, 0.15) is 29.4 Å². The van der Waals surface area contributed by atoms with E-state index < -0.39 is 0 Å². The molecule has 1 aromatic carbocycles. The number of hydrogen-bond donors (Lipinski definition) is 0. The van der Waals surface area contributed by atoms with Gasteiger partial charge in [-0.25, -0.2) is 0 Å². The third-order valence-electron chi connectivity index (χ3n) is 3.16. The van der Waals surface area contributed by atoms with E-state index in [-0.39, 0.29) is 0 Å². The molecule has 0 saturated heterocycles. The fourth-order valence-corrected chi connectivity index (χ4v) is 2.62. The SMILES string of the molecule is Clc1cc([C@H]2C[C@@H]2c2ccccc2)c(Cl)nn1. The van der Waals surface area contributed by atoms with Crippen molar-refractivity contribution in [3.05, 3.63) is 57.8 Å². The summed E-state index contributed by atoms with van der Waals surface area (Å²) in [6.07, 6.45) is 1.10. The molecule has 2 nitrogen and oxygen atoms in total. The van der Waals surface area contributed by atoms with E-state index in [1.807, 2.05) is 12.1 Å². The van der Waals surface area contributed by atoms with Crippen LogP contribution < -0.4 is 0 Å². The zero-order valence-corrected chi connectivity index (χ0v) is 10.5. The Morgan fingerprint density at radius 1 is 1.00 bits per heavy atom. The number of hydrogen-bond acceptors (Lipinski definition) is 2. The zero-order valence-electron chi connectivity index (χ0n) is 8.98. The van der Waals surface area contributed by atoms with E-state index in [4.69, 9.17) is 23.2 Å². The molecular formula is C13H10Cl2N2. The molecule has 0 radical (unpaired) electrons. The first-order chi connectivity index (χ1) is 8.25. The first-order valence-corrected chi connectivity index (χ1v) is 6.25. The van der Waals surface area contributed by atoms with Crippen LogP contribution >= 0.6 is 23.2 Å². The molecule has 0 bridgehead atoms. The van der Waals surface area contributed by atoms with Gasteiger partial charge < -0.3 is 0 Å². The summed E-state index contributed by atoms with van der Waals surface area (Å²) in [7, 11) is 0. The van der Waals surface area contributed by atoms with Crippen LogP contribution in [-0.4, -0.2) is 10.2 Å². The Morgan fingerprint density at radius 3 is 2.53 bits per heavy atom. The highest BCUT2D eigenvalue weighted by molar-refractivity contribution is 6.31. The minimum Gasteiger partial charge on any atom is -0.137 e. The number of halogens is 2. The van der Waals surface area contributed by atoms with Gasteiger partial charge in [0.15, 0.2) is 10.3 Å². The van der Waals surface area contributed by atoms with E-state index in [0.29, 0.717) is 22.1 Å². The maximum absolute atomic E-state index is 6.05. The van der Waals surface area contributed by atoms with Crippen LogP contribution in [0, 0.1) is 0 Å². The number of rotatable bonds is 2. The zero-order chi connectivity index (χ0) is 11.8. The van der Waals surface area contributed by atoms with Gasteiger partial charge in [0.1, 0.15) is 0 Å². The predicted molar refractivity (Wildman–Crippen MR) is 68.6 cm³/mol. The highest BCUT2D eigenvalue weighted by Crippen LogP contribution is 2.55. The molecule has 1 aromatic heterocycles. The van der Waals surface area contributed by atoms with Gasteiger partial charge in [0.2, 0.25) is 0 Å². The molecule has 2 aromatic rings. The van der Waals surface area contributed by atoms with Gasteiger partial charge in [-0.1, -0.05) is 53.5 Å². The van der Waals surface area contributed by atoms with Gasteiger partial charge in [-0.2, -0.15) is 0 Å². The Labute approximate surface area is 110 Å². The maximum atomic E-state index is 6.05. The maximum Gasteiger partial charge on any atom is 0.155 e. The highest BCUT2D eigenvalue weighted by atomic mass is 35.5. The average Bonchev–Trinajstić information content (AvgIpc) is 3.13. The summed E-state index contributed by atoms with van der Waals surface area (Å²) < 4.78 is 0. The fraction of sp³-hybridized carbons (Fsp3) is 0.231. The average molecular weight is 265 g/mol. The van der Waals surface area contributed by atoms with Gasteiger partial charge in [-0.3, -0.25) is 0 Å². The second-order valence-electron chi connectivity index (χ2n) is 4.27. The monoisotopic (exact) mass is 264 g/mol. The van der Waals surface area contributed by atoms with Crippen molar-refractivity contribution >= 4 is 23.2 Å². The summed E-state index contributed by atoms with van der Waals surface area (Å²) in [5, 5.41) is 8.46. The molecule has 3 rings (SSSR count). The molecule has 0 aliphatic heterocycles. The predicted octanol–water partition coefficient (Wildman–Crippen LogP) is 4.05. The van der Waals surface area contributed by atoms with E-state index in [1.165, 1.54) is 5.56 Å². The summed E-state index contributed by atoms with van der Waals surface area (Å²) in [5.41, 5.74) is 2.36. The van der Waals surface area contributed by atoms with Crippen LogP contribution in [0.25, 0.3) is 0 Å². The lowest BCUT2D eigenvalue weighted by Gasteiger charge is -2.03. The first kappa shape index (κ1) is 11.0. The Balaban J connectivity index is 1.87. The molecule has 0 unspecified atom stereocenters. The molecule has 0 spiro atoms. The molecule has 4 heteroatoms. The fourth-order valence-electron chi connectivity index (χ4n) is 2.23. The highest BCUT2D eigenvalue weighted by Gasteiger charge is 2.41. The molecule has 2 atom stereocenters. The van der Waals surface area contributed by atoms with Gasteiger partial charge in [-0.05, 0) is 35.4 Å². The largest absolute Gasteiger partial charge is 0.155 e. The third kappa shape index (κ3) is 2.15. The van der Waals surface area contributed by atoms with Gasteiger partial charge in [0.05, 0.1) is 0 Å². The minimum atomic E-state index is 0.406. The normalized spacial score (nSPS) is 22.5. The van der Waals surface area contributed by atoms with Crippen molar-refractivity contribution < 1.29 is 0 Å². The van der Waals surface area contributed by atoms with Crippen LogP contribution in [0.2, 0.25) is 10.3 Å². The second-order valence-corrected chi connectivity index (χ2v) is 5.02. The molecule has 0 amide bonds. The number of benzene rings is 1. The van der Waals surface area contributed by atoms with Crippen molar-refractivity contribution in [2.24, 2.45) is 0 Å². The molecule has 1 aliphatic carbocycles. The lowest BCUT2D eigenvalue weighted by molar-refractivity contribution is 0.955. The Kier molecular flexibility index (Phi) is 2.77. The summed E-state index contributed by atoms with van der Waals surface area (Å²) in [6, 6.07) is 12.3. The molecule has 1 heterocycles. The first-order valence-electron chi connectivity index (χ1n) is 5.49. The molecule has 1 fully saturated rings. The summed E-state index contributed by atoms with van der Waals surface area (Å²) >= 11 is 11.9. The van der Waals surface area contributed by atoms with Crippen molar-refractivity contribution in [1.29, 1.82) is 0 Å². The summed E-state index contributed by atoms with van der Waals surface area (Å²) in [6.45, 7) is 0. The molecular weight excluding hydrogens is 255 g/mol. The van der Waals surface area contributed by atoms with Gasteiger partial charge in [0, 0.05) is 0 Å². The Bertz CT molecular complexity index is 542. The van der Waals surface area contributed by atoms with E-state index in [2.05, 4.69) is 34.5 Å². The van der Waals surface area contributed by atoms with Crippen molar-refractivity contribution in [3.8, 4) is 0 Å². The van der Waals surface area contributed by atoms with E-state index >= 15 is 0 Å². The van der Waals surface area contributed by atoms with Crippen LogP contribution in [0.3, 0.4) is 0 Å². The second kappa shape index (κ2) is 4.28. The van der Waals surface area contributed by atoms with Crippen LogP contribution in [-0.2, 0) is 0 Å². The summed E-state index contributed by atoms with van der Waals surface area (Å²) in [4.78, 5) is 0. The van der Waals surface area contributed by atoms with Crippen LogP contribution in [0.4, 0.5) is 0 Å². The van der Waals surface area contributed by atoms with Crippen molar-refractivity contribution in [1.82, 2.24) is 10.2 Å². The lowest BCUT2D eigenvalue weighted by atomic mass is 10.1. The van der Waals surface area contributed by atoms with E-state index in [0.717, 1.165) is 12.0 Å². The third-order valence-corrected chi connectivity index (χ3v) is 3.64. The molecule has 17 heavy (non-hydrogen) atoms. The lowest BCUT2D eigenvalue weighted by Crippen LogP contribution is -1.91. The Hall–Kier alpha value is -1.12. The number of nitrogens with zero attached hydrogens (tertiary/aromatic N) is 2. The summed E-state index contributed by atoms with van der Waals surface area (Å²) in [5.74, 6) is 0.965. The van der Waals surface area contributed by atoms with Crippen molar-refractivity contribution in [2.75, 3.05) is 0 Å². The molecule has 0 N–H and O–H groups in total. The standard InChI is InChI=1S/C13H10Cl2N2/c14-12-7-11(13(15)17-16-12)10-6-9(10)8-4-2-1-3-5-8/h1-5,7,9-10H,6H2/t9-,10+/m1/s1. The van der Waals surface area contributed by atoms with E-state index in [9.17, 15) is 0 Å².